The Hall–Kier alpha value is -0.930. The third-order valence-electron chi connectivity index (χ3n) is 3.60. The number of nitrogens with one attached hydrogen (secondary N) is 1. The molecular formula is C14H22N2O5S. The van der Waals surface area contributed by atoms with Crippen molar-refractivity contribution in [1.29, 1.82) is 0 Å². The fourth-order valence-corrected chi connectivity index (χ4v) is 3.30. The van der Waals surface area contributed by atoms with Gasteiger partial charge >= 0.3 is 0 Å². The minimum absolute atomic E-state index is 0.259. The Morgan fingerprint density at radius 1 is 1.27 bits per heavy atom. The van der Waals surface area contributed by atoms with E-state index >= 15 is 0 Å². The Morgan fingerprint density at radius 2 is 1.95 bits per heavy atom. The van der Waals surface area contributed by atoms with Crippen LogP contribution in [-0.4, -0.2) is 61.6 Å². The molecule has 5 atom stereocenters. The number of rotatable bonds is 3. The van der Waals surface area contributed by atoms with E-state index in [1.165, 1.54) is 24.0 Å². The number of aromatic amines is 1. The number of thioether (sulfide) groups is 1. The lowest BCUT2D eigenvalue weighted by molar-refractivity contribution is -0.238. The molecule has 1 saturated heterocycles. The van der Waals surface area contributed by atoms with Crippen molar-refractivity contribution in [2.24, 2.45) is 5.41 Å². The van der Waals surface area contributed by atoms with Gasteiger partial charge in [0.15, 0.2) is 5.16 Å². The summed E-state index contributed by atoms with van der Waals surface area (Å²) in [5, 5.41) is 30.6. The van der Waals surface area contributed by atoms with Gasteiger partial charge in [0, 0.05) is 18.0 Å². The summed E-state index contributed by atoms with van der Waals surface area (Å²) >= 11 is 1.22. The fourth-order valence-electron chi connectivity index (χ4n) is 2.39. The highest BCUT2D eigenvalue weighted by atomic mass is 32.2. The maximum absolute atomic E-state index is 11.2. The van der Waals surface area contributed by atoms with Crippen LogP contribution in [-0.2, 0) is 4.74 Å². The molecule has 0 amide bonds. The summed E-state index contributed by atoms with van der Waals surface area (Å²) < 4.78 is 5.80. The van der Waals surface area contributed by atoms with E-state index in [2.05, 4.69) is 9.97 Å². The van der Waals surface area contributed by atoms with Crippen molar-refractivity contribution in [3.05, 3.63) is 22.6 Å². The maximum Gasteiger partial charge on any atom is 0.251 e. The molecule has 1 aliphatic rings. The van der Waals surface area contributed by atoms with Crippen LogP contribution in [0, 0.1) is 5.41 Å². The van der Waals surface area contributed by atoms with Gasteiger partial charge in [0.25, 0.3) is 5.56 Å². The first kappa shape index (κ1) is 17.4. The molecule has 2 rings (SSSR count). The molecule has 1 aromatic rings. The number of hydrogen-bond acceptors (Lipinski definition) is 7. The minimum atomic E-state index is -1.27. The SMILES string of the molecule is CC(C)(C)C1OC(CSc2nccc(=O)[nH]2)C(O)C(O)C1O. The van der Waals surface area contributed by atoms with Crippen molar-refractivity contribution >= 4 is 11.8 Å². The first-order chi connectivity index (χ1) is 10.2. The molecule has 0 aliphatic carbocycles. The number of aromatic nitrogens is 2. The van der Waals surface area contributed by atoms with Gasteiger partial charge in [-0.25, -0.2) is 4.98 Å². The molecule has 4 N–H and O–H groups in total. The summed E-state index contributed by atoms with van der Waals surface area (Å²) in [4.78, 5) is 17.8. The molecule has 0 saturated carbocycles. The standard InChI is InChI=1S/C14H22N2O5S/c1-14(2,3)12-11(20)10(19)9(18)7(21-12)6-22-13-15-5-4-8(17)16-13/h4-5,7,9-12,18-20H,6H2,1-3H3,(H,15,16,17). The van der Waals surface area contributed by atoms with E-state index < -0.39 is 30.5 Å². The third-order valence-corrected chi connectivity index (χ3v) is 4.57. The second-order valence-corrected chi connectivity index (χ2v) is 7.49. The Balaban J connectivity index is 2.07. The number of H-pyrrole nitrogens is 1. The molecule has 124 valence electrons. The van der Waals surface area contributed by atoms with Gasteiger partial charge in [-0.3, -0.25) is 4.79 Å². The Bertz CT molecular complexity index is 559. The predicted molar refractivity (Wildman–Crippen MR) is 81.7 cm³/mol. The van der Waals surface area contributed by atoms with E-state index in [0.29, 0.717) is 10.9 Å². The van der Waals surface area contributed by atoms with Crippen molar-refractivity contribution in [3.63, 3.8) is 0 Å². The predicted octanol–water partition coefficient (Wildman–Crippen LogP) is -0.242. The van der Waals surface area contributed by atoms with Crippen LogP contribution in [0.25, 0.3) is 0 Å². The Morgan fingerprint density at radius 3 is 2.55 bits per heavy atom. The number of ether oxygens (including phenoxy) is 1. The number of aliphatic hydroxyl groups is 3. The zero-order valence-electron chi connectivity index (χ0n) is 12.8. The van der Waals surface area contributed by atoms with Crippen LogP contribution in [0.15, 0.2) is 22.2 Å². The number of nitrogens with zero attached hydrogens (tertiary/aromatic N) is 1. The molecule has 0 radical (unpaired) electrons. The largest absolute Gasteiger partial charge is 0.388 e. The second kappa shape index (κ2) is 6.67. The maximum atomic E-state index is 11.2. The topological polar surface area (TPSA) is 116 Å². The van der Waals surface area contributed by atoms with Crippen LogP contribution in [0.5, 0.6) is 0 Å². The summed E-state index contributed by atoms with van der Waals surface area (Å²) in [5.41, 5.74) is -0.645. The van der Waals surface area contributed by atoms with Crippen molar-refractivity contribution in [1.82, 2.24) is 9.97 Å². The molecule has 0 spiro atoms. The van der Waals surface area contributed by atoms with Crippen LogP contribution < -0.4 is 5.56 Å². The van der Waals surface area contributed by atoms with Gasteiger partial charge in [-0.2, -0.15) is 0 Å². The first-order valence-corrected chi connectivity index (χ1v) is 8.06. The molecule has 0 aromatic carbocycles. The molecule has 22 heavy (non-hydrogen) atoms. The zero-order valence-corrected chi connectivity index (χ0v) is 13.6. The van der Waals surface area contributed by atoms with E-state index in [-0.39, 0.29) is 11.0 Å². The monoisotopic (exact) mass is 330 g/mol. The summed E-state index contributed by atoms with van der Waals surface area (Å²) in [7, 11) is 0. The van der Waals surface area contributed by atoms with Crippen LogP contribution in [0.2, 0.25) is 0 Å². The van der Waals surface area contributed by atoms with Gasteiger partial charge in [0.2, 0.25) is 0 Å². The summed E-state index contributed by atoms with van der Waals surface area (Å²) in [6.07, 6.45) is -3.48. The van der Waals surface area contributed by atoms with Gasteiger partial charge in [0.1, 0.15) is 18.3 Å². The van der Waals surface area contributed by atoms with E-state index in [1.807, 2.05) is 20.8 Å². The smallest absolute Gasteiger partial charge is 0.251 e. The normalized spacial score (nSPS) is 32.9. The summed E-state index contributed by atoms with van der Waals surface area (Å²) in [6.45, 7) is 5.68. The quantitative estimate of drug-likeness (QED) is 0.446. The molecule has 0 bridgehead atoms. The Kier molecular flexibility index (Phi) is 5.29. The number of aliphatic hydroxyl groups excluding tert-OH is 3. The van der Waals surface area contributed by atoms with Gasteiger partial charge in [-0.1, -0.05) is 32.5 Å². The molecule has 1 fully saturated rings. The average molecular weight is 330 g/mol. The lowest BCUT2D eigenvalue weighted by Gasteiger charge is -2.45. The average Bonchev–Trinajstić information content (AvgIpc) is 2.43. The van der Waals surface area contributed by atoms with Gasteiger partial charge in [-0.05, 0) is 5.41 Å². The van der Waals surface area contributed by atoms with Crippen molar-refractivity contribution in [2.45, 2.75) is 56.4 Å². The molecule has 1 aliphatic heterocycles. The lowest BCUT2D eigenvalue weighted by Crippen LogP contribution is -2.61. The van der Waals surface area contributed by atoms with Gasteiger partial charge in [-0.15, -0.1) is 0 Å². The van der Waals surface area contributed by atoms with Crippen LogP contribution in [0.4, 0.5) is 0 Å². The van der Waals surface area contributed by atoms with Crippen molar-refractivity contribution in [2.75, 3.05) is 5.75 Å². The number of hydrogen-bond donors (Lipinski definition) is 4. The van der Waals surface area contributed by atoms with Crippen LogP contribution >= 0.6 is 11.8 Å². The van der Waals surface area contributed by atoms with E-state index in [0.717, 1.165) is 0 Å². The molecule has 8 heteroatoms. The zero-order chi connectivity index (χ0) is 16.5. The molecule has 7 nitrogen and oxygen atoms in total. The summed E-state index contributed by atoms with van der Waals surface area (Å²) in [5.74, 6) is 0.296. The Labute approximate surface area is 132 Å². The van der Waals surface area contributed by atoms with Crippen LogP contribution in [0.3, 0.4) is 0 Å². The second-order valence-electron chi connectivity index (χ2n) is 6.48. The van der Waals surface area contributed by atoms with Crippen molar-refractivity contribution in [3.8, 4) is 0 Å². The first-order valence-electron chi connectivity index (χ1n) is 7.08. The molecular weight excluding hydrogens is 308 g/mol. The fraction of sp³-hybridized carbons (Fsp3) is 0.714. The van der Waals surface area contributed by atoms with Crippen molar-refractivity contribution < 1.29 is 20.1 Å². The van der Waals surface area contributed by atoms with E-state index in [9.17, 15) is 20.1 Å². The van der Waals surface area contributed by atoms with E-state index in [4.69, 9.17) is 4.74 Å². The summed E-state index contributed by atoms with van der Waals surface area (Å²) in [6, 6.07) is 1.31. The highest BCUT2D eigenvalue weighted by Gasteiger charge is 2.47. The highest BCUT2D eigenvalue weighted by Crippen LogP contribution is 2.34. The molecule has 1 aromatic heterocycles. The van der Waals surface area contributed by atoms with Gasteiger partial charge in [0.05, 0.1) is 12.2 Å². The van der Waals surface area contributed by atoms with E-state index in [1.54, 1.807) is 0 Å². The molecule has 5 unspecified atom stereocenters. The van der Waals surface area contributed by atoms with Gasteiger partial charge < -0.3 is 25.0 Å². The highest BCUT2D eigenvalue weighted by molar-refractivity contribution is 7.99. The van der Waals surface area contributed by atoms with Crippen LogP contribution in [0.1, 0.15) is 20.8 Å². The lowest BCUT2D eigenvalue weighted by atomic mass is 9.80. The minimum Gasteiger partial charge on any atom is -0.388 e. The molecule has 2 heterocycles. The third kappa shape index (κ3) is 3.88.